The summed E-state index contributed by atoms with van der Waals surface area (Å²) in [4.78, 5) is 0. The molecule has 0 amide bonds. The first-order valence-electron chi connectivity index (χ1n) is 6.74. The van der Waals surface area contributed by atoms with Crippen molar-refractivity contribution in [2.45, 2.75) is 24.8 Å². The van der Waals surface area contributed by atoms with Gasteiger partial charge >= 0.3 is 0 Å². The van der Waals surface area contributed by atoms with E-state index < -0.39 is 0 Å². The maximum atomic E-state index is 6.31. The van der Waals surface area contributed by atoms with Crippen molar-refractivity contribution in [1.29, 1.82) is 0 Å². The molecule has 2 N–H and O–H groups in total. The summed E-state index contributed by atoms with van der Waals surface area (Å²) < 4.78 is 5.19. The standard InChI is InChI=1S/C17H19NO/c1-19-14-8-6-12(7-9-14)10-16-15-5-3-2-4-13(15)11-17(16)18/h2-9,16-17H,10-11,18H2,1H3/t16-,17+/m0/s1. The topological polar surface area (TPSA) is 35.2 Å². The highest BCUT2D eigenvalue weighted by atomic mass is 16.5. The number of hydrogen-bond donors (Lipinski definition) is 1. The quantitative estimate of drug-likeness (QED) is 0.913. The van der Waals surface area contributed by atoms with Gasteiger partial charge in [-0.15, -0.1) is 0 Å². The maximum absolute atomic E-state index is 6.31. The van der Waals surface area contributed by atoms with Crippen molar-refractivity contribution in [2.24, 2.45) is 5.73 Å². The first-order valence-corrected chi connectivity index (χ1v) is 6.74. The summed E-state index contributed by atoms with van der Waals surface area (Å²) in [6.45, 7) is 0. The molecule has 0 saturated heterocycles. The Balaban J connectivity index is 1.82. The molecule has 2 aromatic rings. The summed E-state index contributed by atoms with van der Waals surface area (Å²) in [5.41, 5.74) is 10.5. The molecule has 2 atom stereocenters. The van der Waals surface area contributed by atoms with E-state index >= 15 is 0 Å². The highest BCUT2D eigenvalue weighted by molar-refractivity contribution is 5.39. The van der Waals surface area contributed by atoms with Gasteiger partial charge in [-0.2, -0.15) is 0 Å². The average molecular weight is 253 g/mol. The number of nitrogens with two attached hydrogens (primary N) is 1. The Morgan fingerprint density at radius 2 is 1.84 bits per heavy atom. The zero-order chi connectivity index (χ0) is 13.2. The van der Waals surface area contributed by atoms with Crippen molar-refractivity contribution in [3.63, 3.8) is 0 Å². The van der Waals surface area contributed by atoms with Crippen LogP contribution in [-0.2, 0) is 12.8 Å². The first-order chi connectivity index (χ1) is 9.28. The molecule has 0 unspecified atom stereocenters. The van der Waals surface area contributed by atoms with Crippen LogP contribution >= 0.6 is 0 Å². The van der Waals surface area contributed by atoms with Gasteiger partial charge in [0.15, 0.2) is 0 Å². The largest absolute Gasteiger partial charge is 0.497 e. The normalized spacial score (nSPS) is 21.2. The van der Waals surface area contributed by atoms with Crippen molar-refractivity contribution < 1.29 is 4.74 Å². The van der Waals surface area contributed by atoms with Gasteiger partial charge in [0.25, 0.3) is 0 Å². The Morgan fingerprint density at radius 1 is 1.11 bits per heavy atom. The van der Waals surface area contributed by atoms with E-state index in [9.17, 15) is 0 Å². The molecule has 2 nitrogen and oxygen atoms in total. The third kappa shape index (κ3) is 2.36. The van der Waals surface area contributed by atoms with Crippen LogP contribution in [0.1, 0.15) is 22.6 Å². The summed E-state index contributed by atoms with van der Waals surface area (Å²) in [7, 11) is 1.69. The van der Waals surface area contributed by atoms with E-state index in [2.05, 4.69) is 36.4 Å². The fourth-order valence-corrected chi connectivity index (χ4v) is 2.99. The molecule has 0 aliphatic heterocycles. The molecule has 98 valence electrons. The van der Waals surface area contributed by atoms with Crippen LogP contribution < -0.4 is 10.5 Å². The van der Waals surface area contributed by atoms with Gasteiger partial charge in [0.1, 0.15) is 5.75 Å². The molecule has 0 bridgehead atoms. The van der Waals surface area contributed by atoms with Crippen LogP contribution in [0, 0.1) is 0 Å². The van der Waals surface area contributed by atoms with E-state index in [4.69, 9.17) is 10.5 Å². The molecule has 0 saturated carbocycles. The number of hydrogen-bond acceptors (Lipinski definition) is 2. The second kappa shape index (κ2) is 5.06. The van der Waals surface area contributed by atoms with E-state index in [0.29, 0.717) is 5.92 Å². The number of benzene rings is 2. The molecular formula is C17H19NO. The Hall–Kier alpha value is -1.80. The highest BCUT2D eigenvalue weighted by Crippen LogP contribution is 2.34. The molecule has 3 rings (SSSR count). The summed E-state index contributed by atoms with van der Waals surface area (Å²) in [6, 6.07) is 17.2. The van der Waals surface area contributed by atoms with Gasteiger partial charge in [-0.3, -0.25) is 0 Å². The van der Waals surface area contributed by atoms with E-state index in [1.54, 1.807) is 7.11 Å². The van der Waals surface area contributed by atoms with E-state index in [1.807, 2.05) is 12.1 Å². The number of rotatable bonds is 3. The van der Waals surface area contributed by atoms with E-state index in [1.165, 1.54) is 16.7 Å². The predicted octanol–water partition coefficient (Wildman–Crippen LogP) is 2.90. The molecule has 0 heterocycles. The fraction of sp³-hybridized carbons (Fsp3) is 0.294. The number of methoxy groups -OCH3 is 1. The van der Waals surface area contributed by atoms with Crippen LogP contribution in [0.15, 0.2) is 48.5 Å². The van der Waals surface area contributed by atoms with Gasteiger partial charge in [-0.1, -0.05) is 36.4 Å². The maximum Gasteiger partial charge on any atom is 0.118 e. The lowest BCUT2D eigenvalue weighted by atomic mass is 9.91. The average Bonchev–Trinajstić information content (AvgIpc) is 2.76. The molecule has 0 aromatic heterocycles. The van der Waals surface area contributed by atoms with Gasteiger partial charge in [0.2, 0.25) is 0 Å². The smallest absolute Gasteiger partial charge is 0.118 e. The van der Waals surface area contributed by atoms with Crippen LogP contribution in [0.3, 0.4) is 0 Å². The van der Waals surface area contributed by atoms with Crippen molar-refractivity contribution in [3.8, 4) is 5.75 Å². The SMILES string of the molecule is COc1ccc(C[C@H]2c3ccccc3C[C@H]2N)cc1. The van der Waals surface area contributed by atoms with Gasteiger partial charge in [-0.25, -0.2) is 0 Å². The van der Waals surface area contributed by atoms with Gasteiger partial charge in [0.05, 0.1) is 7.11 Å². The Morgan fingerprint density at radius 3 is 2.58 bits per heavy atom. The third-order valence-corrected chi connectivity index (χ3v) is 4.04. The zero-order valence-corrected chi connectivity index (χ0v) is 11.2. The van der Waals surface area contributed by atoms with Crippen molar-refractivity contribution in [3.05, 3.63) is 65.2 Å². The monoisotopic (exact) mass is 253 g/mol. The minimum absolute atomic E-state index is 0.236. The van der Waals surface area contributed by atoms with Crippen molar-refractivity contribution in [2.75, 3.05) is 7.11 Å². The number of fused-ring (bicyclic) bond motifs is 1. The summed E-state index contributed by atoms with van der Waals surface area (Å²) >= 11 is 0. The molecule has 2 aromatic carbocycles. The summed E-state index contributed by atoms with van der Waals surface area (Å²) in [5, 5.41) is 0. The Bertz CT molecular complexity index is 562. The summed E-state index contributed by atoms with van der Waals surface area (Å²) in [6.07, 6.45) is 2.00. The van der Waals surface area contributed by atoms with E-state index in [0.717, 1.165) is 18.6 Å². The molecule has 0 fully saturated rings. The third-order valence-electron chi connectivity index (χ3n) is 4.04. The van der Waals surface area contributed by atoms with Crippen LogP contribution in [0.2, 0.25) is 0 Å². The fourth-order valence-electron chi connectivity index (χ4n) is 2.99. The second-order valence-corrected chi connectivity index (χ2v) is 5.23. The summed E-state index contributed by atoms with van der Waals surface area (Å²) in [5.74, 6) is 1.34. The zero-order valence-electron chi connectivity index (χ0n) is 11.2. The Labute approximate surface area is 114 Å². The van der Waals surface area contributed by atoms with Crippen molar-refractivity contribution in [1.82, 2.24) is 0 Å². The lowest BCUT2D eigenvalue weighted by Crippen LogP contribution is -2.26. The lowest BCUT2D eigenvalue weighted by molar-refractivity contribution is 0.414. The van der Waals surface area contributed by atoms with Gasteiger partial charge in [0, 0.05) is 12.0 Å². The Kier molecular flexibility index (Phi) is 3.26. The van der Waals surface area contributed by atoms with Crippen LogP contribution in [0.25, 0.3) is 0 Å². The van der Waals surface area contributed by atoms with Crippen LogP contribution in [0.4, 0.5) is 0 Å². The molecular weight excluding hydrogens is 234 g/mol. The minimum Gasteiger partial charge on any atom is -0.497 e. The molecule has 1 aliphatic carbocycles. The van der Waals surface area contributed by atoms with E-state index in [-0.39, 0.29) is 6.04 Å². The van der Waals surface area contributed by atoms with Crippen molar-refractivity contribution >= 4 is 0 Å². The number of ether oxygens (including phenoxy) is 1. The molecule has 1 aliphatic rings. The molecule has 0 spiro atoms. The highest BCUT2D eigenvalue weighted by Gasteiger charge is 2.29. The van der Waals surface area contributed by atoms with Gasteiger partial charge < -0.3 is 10.5 Å². The minimum atomic E-state index is 0.236. The van der Waals surface area contributed by atoms with Crippen LogP contribution in [0.5, 0.6) is 5.75 Å². The molecule has 19 heavy (non-hydrogen) atoms. The lowest BCUT2D eigenvalue weighted by Gasteiger charge is -2.17. The van der Waals surface area contributed by atoms with Gasteiger partial charge in [-0.05, 0) is 41.7 Å². The first kappa shape index (κ1) is 12.2. The predicted molar refractivity (Wildman–Crippen MR) is 77.6 cm³/mol. The molecule has 0 radical (unpaired) electrons. The van der Waals surface area contributed by atoms with Crippen LogP contribution in [-0.4, -0.2) is 13.2 Å². The second-order valence-electron chi connectivity index (χ2n) is 5.23. The molecule has 2 heteroatoms.